The second-order valence-corrected chi connectivity index (χ2v) is 4.96. The summed E-state index contributed by atoms with van der Waals surface area (Å²) in [6.07, 6.45) is -1.59. The third-order valence-corrected chi connectivity index (χ3v) is 3.69. The molecule has 102 valence electrons. The summed E-state index contributed by atoms with van der Waals surface area (Å²) in [5.41, 5.74) is 0.327. The summed E-state index contributed by atoms with van der Waals surface area (Å²) >= 11 is 0. The highest BCUT2D eigenvalue weighted by Crippen LogP contribution is 2.40. The molecule has 0 spiro atoms. The number of H-pyrrole nitrogens is 1. The predicted octanol–water partition coefficient (Wildman–Crippen LogP) is 4.00. The zero-order valence-electron chi connectivity index (χ0n) is 10.3. The first-order valence-electron chi connectivity index (χ1n) is 6.48. The maximum atomic E-state index is 13.2. The average molecular weight is 268 g/mol. The van der Waals surface area contributed by atoms with Crippen LogP contribution in [-0.2, 0) is 6.18 Å². The molecule has 19 heavy (non-hydrogen) atoms. The molecule has 1 aromatic heterocycles. The number of hydrogen-bond donors (Lipinski definition) is 2. The number of halogens is 3. The largest absolute Gasteiger partial charge is 0.431 e. The zero-order valence-corrected chi connectivity index (χ0v) is 10.3. The van der Waals surface area contributed by atoms with Crippen molar-refractivity contribution in [1.82, 2.24) is 10.3 Å². The van der Waals surface area contributed by atoms with Gasteiger partial charge in [0.05, 0.1) is 0 Å². The summed E-state index contributed by atoms with van der Waals surface area (Å²) in [6.45, 7) is 0.779. The van der Waals surface area contributed by atoms with Crippen molar-refractivity contribution in [3.8, 4) is 0 Å². The lowest BCUT2D eigenvalue weighted by atomic mass is 9.95. The van der Waals surface area contributed by atoms with Crippen LogP contribution < -0.4 is 5.32 Å². The monoisotopic (exact) mass is 268 g/mol. The van der Waals surface area contributed by atoms with E-state index in [-0.39, 0.29) is 6.04 Å². The number of aromatic nitrogens is 1. The highest BCUT2D eigenvalue weighted by molar-refractivity contribution is 5.85. The molecule has 1 aliphatic rings. The molecule has 1 fully saturated rings. The van der Waals surface area contributed by atoms with Gasteiger partial charge >= 0.3 is 6.18 Å². The van der Waals surface area contributed by atoms with Crippen LogP contribution in [0.25, 0.3) is 10.9 Å². The Hall–Kier alpha value is -1.49. The predicted molar refractivity (Wildman–Crippen MR) is 67.9 cm³/mol. The molecular formula is C14H15F3N2. The fraction of sp³-hybridized carbons (Fsp3) is 0.429. The number of hydrogen-bond acceptors (Lipinski definition) is 1. The van der Waals surface area contributed by atoms with Gasteiger partial charge in [-0.15, -0.1) is 0 Å². The number of para-hydroxylation sites is 1. The van der Waals surface area contributed by atoms with Crippen LogP contribution >= 0.6 is 0 Å². The Morgan fingerprint density at radius 3 is 2.58 bits per heavy atom. The van der Waals surface area contributed by atoms with Gasteiger partial charge in [0.2, 0.25) is 0 Å². The Balaban J connectivity index is 2.18. The van der Waals surface area contributed by atoms with Crippen molar-refractivity contribution in [3.05, 3.63) is 35.5 Å². The molecule has 1 aromatic carbocycles. The van der Waals surface area contributed by atoms with Crippen molar-refractivity contribution in [2.75, 3.05) is 6.54 Å². The van der Waals surface area contributed by atoms with Crippen molar-refractivity contribution in [1.29, 1.82) is 0 Å². The highest BCUT2D eigenvalue weighted by atomic mass is 19.4. The van der Waals surface area contributed by atoms with Gasteiger partial charge in [-0.1, -0.05) is 24.6 Å². The minimum absolute atomic E-state index is 0.207. The number of alkyl halides is 3. The molecule has 2 nitrogen and oxygen atoms in total. The molecule has 0 amide bonds. The van der Waals surface area contributed by atoms with E-state index < -0.39 is 11.9 Å². The summed E-state index contributed by atoms with van der Waals surface area (Å²) < 4.78 is 39.5. The van der Waals surface area contributed by atoms with Crippen LogP contribution in [0.5, 0.6) is 0 Å². The molecule has 1 aliphatic heterocycles. The maximum Gasteiger partial charge on any atom is 0.431 e. The molecule has 5 heteroatoms. The third-order valence-electron chi connectivity index (χ3n) is 3.69. The maximum absolute atomic E-state index is 13.2. The Kier molecular flexibility index (Phi) is 3.01. The molecule has 1 atom stereocenters. The molecular weight excluding hydrogens is 253 g/mol. The van der Waals surface area contributed by atoms with Crippen molar-refractivity contribution >= 4 is 10.9 Å². The van der Waals surface area contributed by atoms with Crippen molar-refractivity contribution < 1.29 is 13.2 Å². The Morgan fingerprint density at radius 1 is 1.11 bits per heavy atom. The number of piperidine rings is 1. The Morgan fingerprint density at radius 2 is 1.89 bits per heavy atom. The molecule has 3 rings (SSSR count). The van der Waals surface area contributed by atoms with Gasteiger partial charge in [-0.2, -0.15) is 13.2 Å². The van der Waals surface area contributed by atoms with Crippen LogP contribution in [0, 0.1) is 0 Å². The van der Waals surface area contributed by atoms with Gasteiger partial charge < -0.3 is 10.3 Å². The minimum Gasteiger partial charge on any atom is -0.351 e. The molecule has 2 aromatic rings. The van der Waals surface area contributed by atoms with Crippen LogP contribution in [0.15, 0.2) is 24.3 Å². The fourth-order valence-corrected chi connectivity index (χ4v) is 2.85. The van der Waals surface area contributed by atoms with E-state index in [0.29, 0.717) is 16.5 Å². The lowest BCUT2D eigenvalue weighted by Gasteiger charge is -2.25. The number of nitrogens with one attached hydrogen (secondary N) is 2. The second kappa shape index (κ2) is 4.56. The van der Waals surface area contributed by atoms with E-state index in [9.17, 15) is 13.2 Å². The number of aromatic amines is 1. The minimum atomic E-state index is -4.34. The molecule has 0 bridgehead atoms. The van der Waals surface area contributed by atoms with E-state index in [4.69, 9.17) is 0 Å². The van der Waals surface area contributed by atoms with Crippen LogP contribution in [0.1, 0.15) is 36.6 Å². The summed E-state index contributed by atoms with van der Waals surface area (Å²) in [6, 6.07) is 6.77. The topological polar surface area (TPSA) is 27.8 Å². The number of fused-ring (bicyclic) bond motifs is 1. The van der Waals surface area contributed by atoms with Gasteiger partial charge in [0.15, 0.2) is 0 Å². The SMILES string of the molecule is FC(F)(F)c1[nH]c2ccccc2c1C1CCCCN1. The summed E-state index contributed by atoms with van der Waals surface area (Å²) in [5, 5.41) is 3.88. The van der Waals surface area contributed by atoms with Crippen LogP contribution in [0.2, 0.25) is 0 Å². The van der Waals surface area contributed by atoms with Gasteiger partial charge in [0, 0.05) is 22.5 Å². The van der Waals surface area contributed by atoms with Gasteiger partial charge in [0.25, 0.3) is 0 Å². The van der Waals surface area contributed by atoms with Gasteiger partial charge in [-0.3, -0.25) is 0 Å². The van der Waals surface area contributed by atoms with E-state index in [0.717, 1.165) is 25.8 Å². The first kappa shape index (κ1) is 12.5. The molecule has 1 saturated heterocycles. The zero-order chi connectivity index (χ0) is 13.5. The Bertz CT molecular complexity index is 580. The lowest BCUT2D eigenvalue weighted by Crippen LogP contribution is -2.28. The molecule has 0 saturated carbocycles. The molecule has 0 radical (unpaired) electrons. The van der Waals surface area contributed by atoms with Gasteiger partial charge in [-0.25, -0.2) is 0 Å². The van der Waals surface area contributed by atoms with E-state index in [1.54, 1.807) is 24.3 Å². The average Bonchev–Trinajstić information content (AvgIpc) is 2.79. The van der Waals surface area contributed by atoms with Gasteiger partial charge in [-0.05, 0) is 25.5 Å². The highest BCUT2D eigenvalue weighted by Gasteiger charge is 2.38. The van der Waals surface area contributed by atoms with E-state index in [1.165, 1.54) is 0 Å². The third kappa shape index (κ3) is 2.23. The van der Waals surface area contributed by atoms with Crippen LogP contribution in [0.3, 0.4) is 0 Å². The Labute approximate surface area is 109 Å². The fourth-order valence-electron chi connectivity index (χ4n) is 2.85. The smallest absolute Gasteiger partial charge is 0.351 e. The number of benzene rings is 1. The second-order valence-electron chi connectivity index (χ2n) is 4.96. The van der Waals surface area contributed by atoms with E-state index >= 15 is 0 Å². The quantitative estimate of drug-likeness (QED) is 0.803. The van der Waals surface area contributed by atoms with E-state index in [1.807, 2.05) is 0 Å². The number of rotatable bonds is 1. The standard InChI is InChI=1S/C14H15F3N2/c15-14(16,17)13-12(11-7-3-4-8-18-11)9-5-1-2-6-10(9)19-13/h1-2,5-6,11,18-19H,3-4,7-8H2. The normalized spacial score (nSPS) is 20.9. The van der Waals surface area contributed by atoms with Crippen LogP contribution in [0.4, 0.5) is 13.2 Å². The van der Waals surface area contributed by atoms with Crippen LogP contribution in [-0.4, -0.2) is 11.5 Å². The molecule has 1 unspecified atom stereocenters. The summed E-state index contributed by atoms with van der Waals surface area (Å²) in [7, 11) is 0. The van der Waals surface area contributed by atoms with Crippen molar-refractivity contribution in [2.24, 2.45) is 0 Å². The lowest BCUT2D eigenvalue weighted by molar-refractivity contribution is -0.141. The molecule has 2 heterocycles. The van der Waals surface area contributed by atoms with Crippen molar-refractivity contribution in [2.45, 2.75) is 31.5 Å². The van der Waals surface area contributed by atoms with Crippen molar-refractivity contribution in [3.63, 3.8) is 0 Å². The summed E-state index contributed by atoms with van der Waals surface area (Å²) in [4.78, 5) is 2.54. The summed E-state index contributed by atoms with van der Waals surface area (Å²) in [5.74, 6) is 0. The first-order chi connectivity index (χ1) is 9.07. The van der Waals surface area contributed by atoms with E-state index in [2.05, 4.69) is 10.3 Å². The first-order valence-corrected chi connectivity index (χ1v) is 6.48. The molecule has 2 N–H and O–H groups in total. The van der Waals surface area contributed by atoms with Gasteiger partial charge in [0.1, 0.15) is 5.69 Å². The molecule has 0 aliphatic carbocycles.